The van der Waals surface area contributed by atoms with E-state index in [9.17, 15) is 9.90 Å². The predicted octanol–water partition coefficient (Wildman–Crippen LogP) is 4.40. The van der Waals surface area contributed by atoms with Crippen molar-refractivity contribution in [2.75, 3.05) is 30.4 Å². The number of carbonyl (C=O) groups excluding carboxylic acids is 1. The first-order chi connectivity index (χ1) is 18.5. The first-order valence-corrected chi connectivity index (χ1v) is 14.1. The van der Waals surface area contributed by atoms with Gasteiger partial charge in [0.15, 0.2) is 5.65 Å². The molecule has 6 rings (SSSR count). The van der Waals surface area contributed by atoms with E-state index in [4.69, 9.17) is 14.8 Å². The van der Waals surface area contributed by atoms with Crippen molar-refractivity contribution in [3.63, 3.8) is 0 Å². The molecule has 3 fully saturated rings. The van der Waals surface area contributed by atoms with Crippen LogP contribution >= 0.6 is 0 Å². The van der Waals surface area contributed by atoms with Gasteiger partial charge in [0.05, 0.1) is 12.3 Å². The summed E-state index contributed by atoms with van der Waals surface area (Å²) in [5, 5.41) is 25.0. The lowest BCUT2D eigenvalue weighted by atomic mass is 9.93. The van der Waals surface area contributed by atoms with Gasteiger partial charge >= 0.3 is 0 Å². The number of aliphatic hydroxyl groups is 1. The maximum atomic E-state index is 12.6. The smallest absolute Gasteiger partial charge is 0.251 e. The van der Waals surface area contributed by atoms with E-state index in [1.807, 2.05) is 35.8 Å². The minimum absolute atomic E-state index is 0. The van der Waals surface area contributed by atoms with Gasteiger partial charge in [0.2, 0.25) is 0 Å². The van der Waals surface area contributed by atoms with E-state index in [-0.39, 0.29) is 19.5 Å². The number of fused-ring (bicyclic) bond motifs is 1. The summed E-state index contributed by atoms with van der Waals surface area (Å²) in [6.07, 6.45) is 9.39. The van der Waals surface area contributed by atoms with Crippen molar-refractivity contribution >= 4 is 23.2 Å². The van der Waals surface area contributed by atoms with Crippen molar-refractivity contribution in [3.05, 3.63) is 41.6 Å². The molecule has 0 atom stereocenters. The molecule has 0 bridgehead atoms. The largest absolute Gasteiger partial charge is 0.393 e. The molecule has 4 N–H and O–H groups in total. The topological polar surface area (TPSA) is 113 Å². The molecule has 204 valence electrons. The number of nitrogens with one attached hydrogen (secondary N) is 3. The van der Waals surface area contributed by atoms with E-state index < -0.39 is 0 Å². The van der Waals surface area contributed by atoms with Crippen LogP contribution in [0.15, 0.2) is 30.5 Å². The second-order valence-electron chi connectivity index (χ2n) is 11.2. The van der Waals surface area contributed by atoms with E-state index in [0.29, 0.717) is 17.5 Å². The summed E-state index contributed by atoms with van der Waals surface area (Å²) >= 11 is 0. The van der Waals surface area contributed by atoms with Crippen LogP contribution < -0.4 is 16.0 Å². The molecule has 1 saturated heterocycles. The Hall–Kier alpha value is -3.17. The van der Waals surface area contributed by atoms with Gasteiger partial charge in [-0.25, -0.2) is 4.98 Å². The Labute approximate surface area is 224 Å². The van der Waals surface area contributed by atoms with Crippen LogP contribution in [-0.2, 0) is 4.74 Å². The van der Waals surface area contributed by atoms with E-state index >= 15 is 0 Å². The molecular formula is C29H40N6O3. The Morgan fingerprint density at radius 2 is 1.84 bits per heavy atom. The highest BCUT2D eigenvalue weighted by atomic mass is 16.5. The molecule has 1 aromatic carbocycles. The molecule has 3 aromatic rings. The van der Waals surface area contributed by atoms with Gasteiger partial charge in [0, 0.05) is 50.5 Å². The van der Waals surface area contributed by atoms with Crippen LogP contribution in [0.1, 0.15) is 68.7 Å². The van der Waals surface area contributed by atoms with Gasteiger partial charge < -0.3 is 25.8 Å². The summed E-state index contributed by atoms with van der Waals surface area (Å²) in [4.78, 5) is 17.6. The first-order valence-electron chi connectivity index (χ1n) is 14.1. The van der Waals surface area contributed by atoms with Gasteiger partial charge in [-0.3, -0.25) is 4.79 Å². The fourth-order valence-corrected chi connectivity index (χ4v) is 5.57. The SMILES string of the molecule is Cc1cc(-c2cnn3c(NCC4CCOCC4)cc(NC4CCC(O)CC4)nc23)ccc1C(=O)NC1CC1.[HH]. The molecule has 0 radical (unpaired) electrons. The zero-order valence-corrected chi connectivity index (χ0v) is 22.1. The number of anilines is 2. The molecule has 9 nitrogen and oxygen atoms in total. The highest BCUT2D eigenvalue weighted by Gasteiger charge is 2.25. The fraction of sp³-hybridized carbons (Fsp3) is 0.552. The summed E-state index contributed by atoms with van der Waals surface area (Å²) in [5.74, 6) is 2.28. The van der Waals surface area contributed by atoms with Crippen LogP contribution in [0.5, 0.6) is 0 Å². The summed E-state index contributed by atoms with van der Waals surface area (Å²) in [6, 6.07) is 8.62. The van der Waals surface area contributed by atoms with E-state index in [1.54, 1.807) is 0 Å². The number of amides is 1. The lowest BCUT2D eigenvalue weighted by molar-refractivity contribution is 0.0699. The number of hydrogen-bond donors (Lipinski definition) is 4. The monoisotopic (exact) mass is 520 g/mol. The summed E-state index contributed by atoms with van der Waals surface area (Å²) in [7, 11) is 0. The number of rotatable bonds is 8. The van der Waals surface area contributed by atoms with Crippen molar-refractivity contribution in [1.82, 2.24) is 19.9 Å². The molecule has 0 spiro atoms. The van der Waals surface area contributed by atoms with Crippen molar-refractivity contribution in [2.45, 2.75) is 76.5 Å². The molecule has 2 aliphatic carbocycles. The summed E-state index contributed by atoms with van der Waals surface area (Å²) in [6.45, 7) is 4.48. The van der Waals surface area contributed by atoms with Crippen LogP contribution in [0.4, 0.5) is 11.6 Å². The molecule has 9 heteroatoms. The quantitative estimate of drug-likeness (QED) is 0.348. The fourth-order valence-electron chi connectivity index (χ4n) is 5.57. The average molecular weight is 521 g/mol. The van der Waals surface area contributed by atoms with E-state index in [1.165, 1.54) is 0 Å². The lowest BCUT2D eigenvalue weighted by Crippen LogP contribution is -2.28. The van der Waals surface area contributed by atoms with E-state index in [0.717, 1.165) is 105 Å². The van der Waals surface area contributed by atoms with Crippen molar-refractivity contribution in [3.8, 4) is 11.1 Å². The first kappa shape index (κ1) is 25.1. The van der Waals surface area contributed by atoms with Crippen LogP contribution in [0.2, 0.25) is 0 Å². The molecule has 2 aromatic heterocycles. The molecule has 38 heavy (non-hydrogen) atoms. The van der Waals surface area contributed by atoms with Gasteiger partial charge in [0.25, 0.3) is 5.91 Å². The number of carbonyl (C=O) groups is 1. The van der Waals surface area contributed by atoms with Gasteiger partial charge in [0.1, 0.15) is 11.6 Å². The minimum Gasteiger partial charge on any atom is -0.393 e. The molecule has 1 aliphatic heterocycles. The van der Waals surface area contributed by atoms with Crippen LogP contribution in [0, 0.1) is 12.8 Å². The number of ether oxygens (including phenoxy) is 1. The number of hydrogen-bond acceptors (Lipinski definition) is 7. The molecule has 3 heterocycles. The average Bonchev–Trinajstić information content (AvgIpc) is 3.64. The van der Waals surface area contributed by atoms with Crippen molar-refractivity contribution in [2.24, 2.45) is 5.92 Å². The van der Waals surface area contributed by atoms with Gasteiger partial charge in [-0.1, -0.05) is 12.1 Å². The number of aromatic nitrogens is 3. The van der Waals surface area contributed by atoms with E-state index in [2.05, 4.69) is 22.0 Å². The Bertz CT molecular complexity index is 1300. The number of aliphatic hydroxyl groups excluding tert-OH is 1. The Morgan fingerprint density at radius 3 is 2.58 bits per heavy atom. The number of aryl methyl sites for hydroxylation is 1. The second kappa shape index (κ2) is 10.9. The molecule has 0 unspecified atom stereocenters. The molecule has 1 amide bonds. The van der Waals surface area contributed by atoms with Crippen LogP contribution in [0.25, 0.3) is 16.8 Å². The van der Waals surface area contributed by atoms with Crippen LogP contribution in [-0.4, -0.2) is 63.6 Å². The molecule has 2 saturated carbocycles. The maximum absolute atomic E-state index is 12.6. The Kier molecular flexibility index (Phi) is 7.21. The molecular weight excluding hydrogens is 480 g/mol. The zero-order chi connectivity index (χ0) is 26.1. The van der Waals surface area contributed by atoms with Gasteiger partial charge in [-0.05, 0) is 81.4 Å². The van der Waals surface area contributed by atoms with Crippen LogP contribution in [0.3, 0.4) is 0 Å². The standard InChI is InChI=1S/C29H38N6O3.H2/c1-18-14-20(2-9-24(18)29(37)33-22-3-4-22)25-17-31-35-27(30-16-19-10-12-38-13-11-19)15-26(34-28(25)35)32-21-5-7-23(36)8-6-21;/h2,9,14-15,17,19,21-23,30,36H,3-8,10-13,16H2,1H3,(H,32,34)(H,33,37);1H. The highest BCUT2D eigenvalue weighted by molar-refractivity contribution is 5.97. The lowest BCUT2D eigenvalue weighted by Gasteiger charge is -2.27. The molecule has 3 aliphatic rings. The third kappa shape index (κ3) is 5.63. The third-order valence-corrected chi connectivity index (χ3v) is 8.13. The Morgan fingerprint density at radius 1 is 1.08 bits per heavy atom. The highest BCUT2D eigenvalue weighted by Crippen LogP contribution is 2.30. The van der Waals surface area contributed by atoms with Crippen molar-refractivity contribution < 1.29 is 16.1 Å². The summed E-state index contributed by atoms with van der Waals surface area (Å²) < 4.78 is 7.41. The third-order valence-electron chi connectivity index (χ3n) is 8.13. The second-order valence-corrected chi connectivity index (χ2v) is 11.2. The van der Waals surface area contributed by atoms with Gasteiger partial charge in [-0.15, -0.1) is 0 Å². The number of nitrogens with zero attached hydrogens (tertiary/aromatic N) is 3. The van der Waals surface area contributed by atoms with Gasteiger partial charge in [-0.2, -0.15) is 9.61 Å². The number of benzene rings is 1. The zero-order valence-electron chi connectivity index (χ0n) is 22.1. The van der Waals surface area contributed by atoms with Crippen molar-refractivity contribution in [1.29, 1.82) is 0 Å². The Balaban J connectivity index is 0.00000308. The predicted molar refractivity (Wildman–Crippen MR) is 150 cm³/mol. The minimum atomic E-state index is -0.195. The summed E-state index contributed by atoms with van der Waals surface area (Å²) in [5.41, 5.74) is 4.34. The maximum Gasteiger partial charge on any atom is 0.251 e. The normalized spacial score (nSPS) is 22.4.